The van der Waals surface area contributed by atoms with Crippen LogP contribution in [0.15, 0.2) is 0 Å². The van der Waals surface area contributed by atoms with Gasteiger partial charge in [-0.25, -0.2) is 0 Å². The minimum absolute atomic E-state index is 0.0899. The van der Waals surface area contributed by atoms with Crippen LogP contribution in [0.5, 0.6) is 0 Å². The van der Waals surface area contributed by atoms with E-state index in [4.69, 9.17) is 10.5 Å². The summed E-state index contributed by atoms with van der Waals surface area (Å²) in [5.74, 6) is 0. The highest BCUT2D eigenvalue weighted by Gasteiger charge is 2.31. The molecule has 0 fully saturated rings. The first-order chi connectivity index (χ1) is 4.99. The molecule has 0 aromatic carbocycles. The molecular formula is C6H12F3NO. The van der Waals surface area contributed by atoms with Crippen LogP contribution >= 0.6 is 0 Å². The second-order valence-corrected chi connectivity index (χ2v) is 2.13. The molecule has 0 aliphatic heterocycles. The van der Waals surface area contributed by atoms with Crippen LogP contribution in [-0.4, -0.2) is 25.4 Å². The molecule has 1 unspecified atom stereocenters. The maximum atomic E-state index is 11.7. The van der Waals surface area contributed by atoms with Gasteiger partial charge in [-0.1, -0.05) is 0 Å². The van der Waals surface area contributed by atoms with E-state index < -0.39 is 18.7 Å². The van der Waals surface area contributed by atoms with Crippen LogP contribution in [-0.2, 0) is 4.74 Å². The fraction of sp³-hybridized carbons (Fsp3) is 1.00. The first-order valence-electron chi connectivity index (χ1n) is 3.38. The third-order valence-corrected chi connectivity index (χ3v) is 1.12. The standard InChI is InChI=1S/C6H12F3NO/c1-2-11-5(4-10)3-6(7,8)9/h5H,2-4,10H2,1H3. The van der Waals surface area contributed by atoms with E-state index in [2.05, 4.69) is 0 Å². The summed E-state index contributed by atoms with van der Waals surface area (Å²) in [4.78, 5) is 0. The first kappa shape index (κ1) is 10.7. The van der Waals surface area contributed by atoms with E-state index in [0.29, 0.717) is 0 Å². The molecule has 0 rings (SSSR count). The number of nitrogens with two attached hydrogens (primary N) is 1. The zero-order valence-corrected chi connectivity index (χ0v) is 6.32. The van der Waals surface area contributed by atoms with Gasteiger partial charge in [0.15, 0.2) is 0 Å². The molecule has 1 atom stereocenters. The lowest BCUT2D eigenvalue weighted by molar-refractivity contribution is -0.158. The fourth-order valence-electron chi connectivity index (χ4n) is 0.704. The van der Waals surface area contributed by atoms with E-state index in [9.17, 15) is 13.2 Å². The van der Waals surface area contributed by atoms with E-state index >= 15 is 0 Å². The second kappa shape index (κ2) is 4.56. The van der Waals surface area contributed by atoms with Crippen LogP contribution in [0.25, 0.3) is 0 Å². The lowest BCUT2D eigenvalue weighted by Gasteiger charge is -2.16. The van der Waals surface area contributed by atoms with Crippen molar-refractivity contribution in [2.45, 2.75) is 25.6 Å². The molecule has 0 bridgehead atoms. The molecule has 0 amide bonds. The lowest BCUT2D eigenvalue weighted by atomic mass is 10.2. The molecule has 0 saturated heterocycles. The van der Waals surface area contributed by atoms with Gasteiger partial charge < -0.3 is 10.5 Å². The Kier molecular flexibility index (Phi) is 4.44. The first-order valence-corrected chi connectivity index (χ1v) is 3.38. The van der Waals surface area contributed by atoms with Crippen LogP contribution in [0.4, 0.5) is 13.2 Å². The molecule has 0 radical (unpaired) electrons. The number of ether oxygens (including phenoxy) is 1. The van der Waals surface area contributed by atoms with Gasteiger partial charge >= 0.3 is 6.18 Å². The summed E-state index contributed by atoms with van der Waals surface area (Å²) < 4.78 is 39.8. The fourth-order valence-corrected chi connectivity index (χ4v) is 0.704. The Labute approximate surface area is 63.5 Å². The van der Waals surface area contributed by atoms with Gasteiger partial charge in [0.2, 0.25) is 0 Å². The Morgan fingerprint density at radius 3 is 2.27 bits per heavy atom. The summed E-state index contributed by atoms with van der Waals surface area (Å²) in [7, 11) is 0. The van der Waals surface area contributed by atoms with Gasteiger partial charge in [-0.05, 0) is 6.92 Å². The van der Waals surface area contributed by atoms with Crippen molar-refractivity contribution in [3.63, 3.8) is 0 Å². The number of alkyl halides is 3. The summed E-state index contributed by atoms with van der Waals surface area (Å²) >= 11 is 0. The smallest absolute Gasteiger partial charge is 0.377 e. The topological polar surface area (TPSA) is 35.2 Å². The van der Waals surface area contributed by atoms with E-state index in [1.165, 1.54) is 0 Å². The van der Waals surface area contributed by atoms with Crippen molar-refractivity contribution in [3.05, 3.63) is 0 Å². The normalized spacial score (nSPS) is 15.0. The number of hydrogen-bond donors (Lipinski definition) is 1. The average Bonchev–Trinajstić information content (AvgIpc) is 1.84. The molecule has 0 aromatic heterocycles. The third-order valence-electron chi connectivity index (χ3n) is 1.12. The summed E-state index contributed by atoms with van der Waals surface area (Å²) in [5.41, 5.74) is 5.04. The van der Waals surface area contributed by atoms with Crippen molar-refractivity contribution in [1.82, 2.24) is 0 Å². The van der Waals surface area contributed by atoms with Crippen LogP contribution in [0, 0.1) is 0 Å². The second-order valence-electron chi connectivity index (χ2n) is 2.13. The highest BCUT2D eigenvalue weighted by Crippen LogP contribution is 2.22. The molecule has 0 aromatic rings. The van der Waals surface area contributed by atoms with Crippen LogP contribution in [0.2, 0.25) is 0 Å². The molecular weight excluding hydrogens is 159 g/mol. The molecule has 2 N–H and O–H groups in total. The molecule has 0 spiro atoms. The molecule has 0 aliphatic carbocycles. The van der Waals surface area contributed by atoms with Crippen LogP contribution in [0.1, 0.15) is 13.3 Å². The van der Waals surface area contributed by atoms with Crippen molar-refractivity contribution in [1.29, 1.82) is 0 Å². The van der Waals surface area contributed by atoms with Gasteiger partial charge in [0.25, 0.3) is 0 Å². The number of hydrogen-bond acceptors (Lipinski definition) is 2. The van der Waals surface area contributed by atoms with Gasteiger partial charge in [-0.3, -0.25) is 0 Å². The molecule has 11 heavy (non-hydrogen) atoms. The van der Waals surface area contributed by atoms with Gasteiger partial charge in [0.1, 0.15) is 0 Å². The molecule has 2 nitrogen and oxygen atoms in total. The Hall–Kier alpha value is -0.290. The van der Waals surface area contributed by atoms with E-state index in [0.717, 1.165) is 0 Å². The summed E-state index contributed by atoms with van der Waals surface area (Å²) in [6, 6.07) is 0. The summed E-state index contributed by atoms with van der Waals surface area (Å²) in [6.45, 7) is 1.81. The van der Waals surface area contributed by atoms with E-state index in [-0.39, 0.29) is 13.2 Å². The van der Waals surface area contributed by atoms with Crippen molar-refractivity contribution >= 4 is 0 Å². The van der Waals surface area contributed by atoms with Crippen molar-refractivity contribution in [2.75, 3.05) is 13.2 Å². The molecule has 0 heterocycles. The SMILES string of the molecule is CCOC(CN)CC(F)(F)F. The highest BCUT2D eigenvalue weighted by atomic mass is 19.4. The third kappa shape index (κ3) is 6.12. The zero-order chi connectivity index (χ0) is 8.91. The Bertz CT molecular complexity index is 104. The zero-order valence-electron chi connectivity index (χ0n) is 6.32. The minimum atomic E-state index is -4.18. The van der Waals surface area contributed by atoms with Gasteiger partial charge in [-0.15, -0.1) is 0 Å². The average molecular weight is 171 g/mol. The number of halogens is 3. The summed E-state index contributed by atoms with van der Waals surface area (Å²) in [5, 5.41) is 0. The van der Waals surface area contributed by atoms with E-state index in [1.807, 2.05) is 0 Å². The van der Waals surface area contributed by atoms with Gasteiger partial charge in [0, 0.05) is 13.2 Å². The van der Waals surface area contributed by atoms with Gasteiger partial charge in [0.05, 0.1) is 12.5 Å². The van der Waals surface area contributed by atoms with Crippen molar-refractivity contribution in [3.8, 4) is 0 Å². The van der Waals surface area contributed by atoms with Crippen molar-refractivity contribution < 1.29 is 17.9 Å². The molecule has 5 heteroatoms. The van der Waals surface area contributed by atoms with E-state index in [1.54, 1.807) is 6.92 Å². The van der Waals surface area contributed by atoms with Crippen molar-refractivity contribution in [2.24, 2.45) is 5.73 Å². The minimum Gasteiger partial charge on any atom is -0.377 e. The van der Waals surface area contributed by atoms with Gasteiger partial charge in [-0.2, -0.15) is 13.2 Å². The Morgan fingerprint density at radius 1 is 1.45 bits per heavy atom. The Morgan fingerprint density at radius 2 is 2.00 bits per heavy atom. The number of rotatable bonds is 4. The monoisotopic (exact) mass is 171 g/mol. The predicted molar refractivity (Wildman–Crippen MR) is 35.1 cm³/mol. The lowest BCUT2D eigenvalue weighted by Crippen LogP contribution is -2.29. The maximum absolute atomic E-state index is 11.7. The Balaban J connectivity index is 3.68. The van der Waals surface area contributed by atoms with Crippen LogP contribution in [0.3, 0.4) is 0 Å². The molecule has 68 valence electrons. The van der Waals surface area contributed by atoms with Crippen LogP contribution < -0.4 is 5.73 Å². The quantitative estimate of drug-likeness (QED) is 0.692. The molecule has 0 saturated carbocycles. The largest absolute Gasteiger partial charge is 0.391 e. The molecule has 0 aliphatic rings. The maximum Gasteiger partial charge on any atom is 0.391 e. The summed E-state index contributed by atoms with van der Waals surface area (Å²) in [6.07, 6.45) is -6.03. The predicted octanol–water partition coefficient (Wildman–Crippen LogP) is 1.30. The highest BCUT2D eigenvalue weighted by molar-refractivity contribution is 4.63.